The number of aromatic amines is 1. The molecule has 1 unspecified atom stereocenters. The molecule has 4 aromatic rings. The largest absolute Gasteiger partial charge is 0.491 e. The van der Waals surface area contributed by atoms with Crippen LogP contribution in [0.25, 0.3) is 11.0 Å². The highest BCUT2D eigenvalue weighted by Gasteiger charge is 2.17. The van der Waals surface area contributed by atoms with Crippen LogP contribution in [-0.4, -0.2) is 51.2 Å². The third-order valence-corrected chi connectivity index (χ3v) is 6.40. The van der Waals surface area contributed by atoms with Gasteiger partial charge in [0, 0.05) is 42.0 Å². The van der Waals surface area contributed by atoms with E-state index in [9.17, 15) is 5.11 Å². The SMILES string of the molecule is Cc1ccc(CNc2ccc(C(O)c3c[nH]c4ncc(OCCN5CCCC5)cc34)cn2)cc1. The Morgan fingerprint density at radius 3 is 2.68 bits per heavy atom. The van der Waals surface area contributed by atoms with Crippen LogP contribution < -0.4 is 10.1 Å². The number of rotatable bonds is 9. The van der Waals surface area contributed by atoms with E-state index in [1.54, 1.807) is 18.6 Å². The van der Waals surface area contributed by atoms with E-state index >= 15 is 0 Å². The van der Waals surface area contributed by atoms with Gasteiger partial charge in [0.25, 0.3) is 0 Å². The van der Waals surface area contributed by atoms with Crippen molar-refractivity contribution < 1.29 is 9.84 Å². The molecule has 1 aliphatic heterocycles. The number of aliphatic hydroxyl groups is 1. The van der Waals surface area contributed by atoms with Crippen LogP contribution in [0.1, 0.15) is 41.2 Å². The van der Waals surface area contributed by atoms with Crippen LogP contribution in [0, 0.1) is 6.92 Å². The predicted molar refractivity (Wildman–Crippen MR) is 134 cm³/mol. The fourth-order valence-electron chi connectivity index (χ4n) is 4.36. The smallest absolute Gasteiger partial charge is 0.138 e. The van der Waals surface area contributed by atoms with Gasteiger partial charge < -0.3 is 20.1 Å². The third-order valence-electron chi connectivity index (χ3n) is 6.40. The number of pyridine rings is 2. The predicted octanol–water partition coefficient (Wildman–Crippen LogP) is 4.43. The number of benzene rings is 1. The number of nitrogens with one attached hydrogen (secondary N) is 2. The van der Waals surface area contributed by atoms with Crippen LogP contribution in [0.4, 0.5) is 5.82 Å². The monoisotopic (exact) mass is 457 g/mol. The normalized spacial score (nSPS) is 15.0. The van der Waals surface area contributed by atoms with Gasteiger partial charge in [0.15, 0.2) is 0 Å². The molecule has 7 nitrogen and oxygen atoms in total. The van der Waals surface area contributed by atoms with E-state index in [1.807, 2.05) is 18.2 Å². The fraction of sp³-hybridized carbons (Fsp3) is 0.333. The molecule has 1 atom stereocenters. The van der Waals surface area contributed by atoms with Crippen molar-refractivity contribution >= 4 is 16.9 Å². The summed E-state index contributed by atoms with van der Waals surface area (Å²) >= 11 is 0. The molecule has 1 fully saturated rings. The molecule has 0 aliphatic carbocycles. The van der Waals surface area contributed by atoms with Crippen molar-refractivity contribution in [1.82, 2.24) is 19.9 Å². The van der Waals surface area contributed by atoms with Crippen LogP contribution in [0.15, 0.2) is 61.1 Å². The number of aliphatic hydroxyl groups excluding tert-OH is 1. The summed E-state index contributed by atoms with van der Waals surface area (Å²) in [5.74, 6) is 1.49. The number of hydrogen-bond donors (Lipinski definition) is 3. The van der Waals surface area contributed by atoms with Crippen molar-refractivity contribution in [2.45, 2.75) is 32.4 Å². The van der Waals surface area contributed by atoms with E-state index in [0.29, 0.717) is 18.9 Å². The van der Waals surface area contributed by atoms with Crippen molar-refractivity contribution in [2.75, 3.05) is 31.6 Å². The lowest BCUT2D eigenvalue weighted by atomic mass is 10.0. The minimum absolute atomic E-state index is 0.635. The van der Waals surface area contributed by atoms with Gasteiger partial charge in [-0.2, -0.15) is 0 Å². The quantitative estimate of drug-likeness (QED) is 0.345. The van der Waals surface area contributed by atoms with Gasteiger partial charge in [-0.25, -0.2) is 9.97 Å². The van der Waals surface area contributed by atoms with E-state index in [0.717, 1.165) is 47.6 Å². The molecule has 7 heteroatoms. The highest BCUT2D eigenvalue weighted by molar-refractivity contribution is 5.81. The first-order valence-corrected chi connectivity index (χ1v) is 11.9. The Balaban J connectivity index is 1.23. The van der Waals surface area contributed by atoms with Gasteiger partial charge >= 0.3 is 0 Å². The van der Waals surface area contributed by atoms with Crippen molar-refractivity contribution in [3.8, 4) is 5.75 Å². The number of fused-ring (bicyclic) bond motifs is 1. The Morgan fingerprint density at radius 1 is 1.09 bits per heavy atom. The average molecular weight is 458 g/mol. The van der Waals surface area contributed by atoms with Crippen molar-refractivity contribution in [3.63, 3.8) is 0 Å². The lowest BCUT2D eigenvalue weighted by Crippen LogP contribution is -2.25. The van der Waals surface area contributed by atoms with Crippen LogP contribution in [0.5, 0.6) is 5.75 Å². The van der Waals surface area contributed by atoms with Crippen molar-refractivity contribution in [3.05, 3.63) is 83.3 Å². The standard InChI is InChI=1S/C27H31N5O2/c1-19-4-6-20(7-5-19)15-28-25-9-8-21(16-29-25)26(33)24-18-31-27-23(24)14-22(17-30-27)34-13-12-32-10-2-3-11-32/h4-9,14,16-18,26,33H,2-3,10-13,15H2,1H3,(H,28,29)(H,30,31). The van der Waals surface area contributed by atoms with Crippen molar-refractivity contribution in [1.29, 1.82) is 0 Å². The number of hydrogen-bond acceptors (Lipinski definition) is 6. The lowest BCUT2D eigenvalue weighted by molar-refractivity contribution is 0.221. The van der Waals surface area contributed by atoms with Crippen LogP contribution in [-0.2, 0) is 6.54 Å². The van der Waals surface area contributed by atoms with E-state index in [1.165, 1.54) is 24.0 Å². The van der Waals surface area contributed by atoms with Crippen LogP contribution in [0.2, 0.25) is 0 Å². The first-order valence-electron chi connectivity index (χ1n) is 11.9. The Hall–Kier alpha value is -3.42. The third kappa shape index (κ3) is 5.21. The summed E-state index contributed by atoms with van der Waals surface area (Å²) < 4.78 is 5.95. The zero-order chi connectivity index (χ0) is 23.3. The topological polar surface area (TPSA) is 86.3 Å². The second kappa shape index (κ2) is 10.2. The molecule has 1 saturated heterocycles. The molecule has 0 amide bonds. The summed E-state index contributed by atoms with van der Waals surface area (Å²) in [6.07, 6.45) is 6.99. The molecule has 0 saturated carbocycles. The van der Waals surface area contributed by atoms with Gasteiger partial charge in [-0.3, -0.25) is 4.90 Å². The number of anilines is 1. The van der Waals surface area contributed by atoms with Gasteiger partial charge in [-0.1, -0.05) is 35.9 Å². The molecule has 0 bridgehead atoms. The zero-order valence-corrected chi connectivity index (χ0v) is 19.5. The fourth-order valence-corrected chi connectivity index (χ4v) is 4.36. The lowest BCUT2D eigenvalue weighted by Gasteiger charge is -2.15. The minimum Gasteiger partial charge on any atom is -0.491 e. The molecule has 0 radical (unpaired) electrons. The minimum atomic E-state index is -0.811. The maximum atomic E-state index is 11.1. The summed E-state index contributed by atoms with van der Waals surface area (Å²) in [4.78, 5) is 14.5. The second-order valence-electron chi connectivity index (χ2n) is 8.93. The molecule has 1 aromatic carbocycles. The summed E-state index contributed by atoms with van der Waals surface area (Å²) in [6.45, 7) is 6.65. The van der Waals surface area contributed by atoms with Gasteiger partial charge in [0.2, 0.25) is 0 Å². The highest BCUT2D eigenvalue weighted by Crippen LogP contribution is 2.30. The first-order chi connectivity index (χ1) is 16.7. The summed E-state index contributed by atoms with van der Waals surface area (Å²) in [6, 6.07) is 14.2. The Kier molecular flexibility index (Phi) is 6.74. The van der Waals surface area contributed by atoms with E-state index in [2.05, 4.69) is 56.4 Å². The van der Waals surface area contributed by atoms with Crippen LogP contribution >= 0.6 is 0 Å². The molecule has 0 spiro atoms. The molecule has 4 heterocycles. The highest BCUT2D eigenvalue weighted by atomic mass is 16.5. The molecule has 176 valence electrons. The number of nitrogens with zero attached hydrogens (tertiary/aromatic N) is 3. The first kappa shape index (κ1) is 22.4. The average Bonchev–Trinajstić information content (AvgIpc) is 3.53. The Labute approximate surface area is 199 Å². The molecular weight excluding hydrogens is 426 g/mol. The van der Waals surface area contributed by atoms with E-state index in [-0.39, 0.29) is 0 Å². The second-order valence-corrected chi connectivity index (χ2v) is 8.93. The molecular formula is C27H31N5O2. The van der Waals surface area contributed by atoms with Crippen LogP contribution in [0.3, 0.4) is 0 Å². The number of aromatic nitrogens is 3. The number of aryl methyl sites for hydroxylation is 1. The molecule has 5 rings (SSSR count). The van der Waals surface area contributed by atoms with E-state index < -0.39 is 6.10 Å². The maximum absolute atomic E-state index is 11.1. The molecule has 3 N–H and O–H groups in total. The van der Waals surface area contributed by atoms with Gasteiger partial charge in [0.05, 0.1) is 6.20 Å². The molecule has 34 heavy (non-hydrogen) atoms. The molecule has 3 aromatic heterocycles. The maximum Gasteiger partial charge on any atom is 0.138 e. The molecule has 1 aliphatic rings. The number of ether oxygens (including phenoxy) is 1. The Morgan fingerprint density at radius 2 is 1.91 bits per heavy atom. The number of likely N-dealkylation sites (tertiary alicyclic amines) is 1. The zero-order valence-electron chi connectivity index (χ0n) is 19.5. The summed E-state index contributed by atoms with van der Waals surface area (Å²) in [7, 11) is 0. The van der Waals surface area contributed by atoms with E-state index in [4.69, 9.17) is 4.74 Å². The summed E-state index contributed by atoms with van der Waals surface area (Å²) in [5.41, 5.74) is 4.65. The number of H-pyrrole nitrogens is 1. The Bertz CT molecular complexity index is 1210. The van der Waals surface area contributed by atoms with Crippen molar-refractivity contribution in [2.24, 2.45) is 0 Å². The van der Waals surface area contributed by atoms with Gasteiger partial charge in [0.1, 0.15) is 29.9 Å². The van der Waals surface area contributed by atoms with Gasteiger partial charge in [-0.15, -0.1) is 0 Å². The van der Waals surface area contributed by atoms with Gasteiger partial charge in [-0.05, 0) is 50.6 Å². The summed E-state index contributed by atoms with van der Waals surface area (Å²) in [5, 5.41) is 15.2.